The Balaban J connectivity index is 1.50. The van der Waals surface area contributed by atoms with Crippen LogP contribution in [0.3, 0.4) is 0 Å². The van der Waals surface area contributed by atoms with Gasteiger partial charge >= 0.3 is 5.97 Å². The van der Waals surface area contributed by atoms with Crippen LogP contribution in [0.25, 0.3) is 10.8 Å². The van der Waals surface area contributed by atoms with E-state index < -0.39 is 41.1 Å². The van der Waals surface area contributed by atoms with E-state index in [2.05, 4.69) is 0 Å². The van der Waals surface area contributed by atoms with Crippen LogP contribution in [0, 0.1) is 11.8 Å². The number of hydrogen-bond donors (Lipinski definition) is 1. The zero-order chi connectivity index (χ0) is 27.4. The molecule has 4 aliphatic heterocycles. The maximum atomic E-state index is 14.6. The number of nitrogens with zero attached hydrogens (tertiary/aromatic N) is 2. The fourth-order valence-electron chi connectivity index (χ4n) is 6.96. The number of amides is 2. The molecule has 39 heavy (non-hydrogen) atoms. The number of aliphatic hydroxyl groups excluding tert-OH is 1. The molecule has 0 saturated carbocycles. The first-order valence-electron chi connectivity index (χ1n) is 13.8. The minimum absolute atomic E-state index is 0.259. The van der Waals surface area contributed by atoms with Gasteiger partial charge < -0.3 is 24.4 Å². The van der Waals surface area contributed by atoms with Crippen LogP contribution >= 0.6 is 0 Å². The van der Waals surface area contributed by atoms with Gasteiger partial charge in [0.25, 0.3) is 5.91 Å². The number of carbonyl (C=O) groups excluding carboxylic acids is 3. The topological polar surface area (TPSA) is 96.4 Å². The second-order valence-corrected chi connectivity index (χ2v) is 11.1. The molecule has 0 bridgehead atoms. The van der Waals surface area contributed by atoms with Crippen LogP contribution in [0.15, 0.2) is 66.8 Å². The number of hydrogen-bond acceptors (Lipinski definition) is 6. The van der Waals surface area contributed by atoms with Crippen molar-refractivity contribution < 1.29 is 29.0 Å². The second kappa shape index (κ2) is 9.61. The van der Waals surface area contributed by atoms with Crippen LogP contribution in [-0.4, -0.2) is 70.8 Å². The molecule has 8 nitrogen and oxygen atoms in total. The van der Waals surface area contributed by atoms with Crippen LogP contribution in [0.2, 0.25) is 0 Å². The molecule has 4 heterocycles. The highest BCUT2D eigenvalue weighted by Gasteiger charge is 2.75. The standard InChI is InChI=1S/C31H34N2O6/c1-3-22(19-34)33-26-28(36)32(23-13-12-20-10-5-6-11-21(20)18-23)16-9-15-31(26)24(27(33)35)25-29(37)38-17-8-4-7-14-30(25,2)39-31/h5-7,9-15,18,22,24-26,34H,3-4,8,16-17,19H2,1-2H3/b14-7-/t22-,24-,25+,26?,30-,31-/m0/s1. The largest absolute Gasteiger partial charge is 0.465 e. The molecule has 204 valence electrons. The van der Waals surface area contributed by atoms with Gasteiger partial charge in [0.15, 0.2) is 0 Å². The van der Waals surface area contributed by atoms with Crippen molar-refractivity contribution in [1.82, 2.24) is 4.90 Å². The summed E-state index contributed by atoms with van der Waals surface area (Å²) in [5.74, 6) is -3.04. The quantitative estimate of drug-likeness (QED) is 0.481. The molecule has 0 aromatic heterocycles. The fourth-order valence-corrected chi connectivity index (χ4v) is 6.96. The summed E-state index contributed by atoms with van der Waals surface area (Å²) in [6.07, 6.45) is 9.35. The first kappa shape index (κ1) is 25.8. The molecule has 0 aliphatic carbocycles. The van der Waals surface area contributed by atoms with Gasteiger partial charge in [-0.05, 0) is 49.1 Å². The molecule has 1 spiro atoms. The van der Waals surface area contributed by atoms with Crippen LogP contribution in [-0.2, 0) is 23.9 Å². The minimum atomic E-state index is -1.38. The van der Waals surface area contributed by atoms with Crippen molar-refractivity contribution in [2.75, 3.05) is 24.7 Å². The van der Waals surface area contributed by atoms with E-state index in [1.807, 2.05) is 73.7 Å². The molecule has 4 aliphatic rings. The number of ether oxygens (including phenoxy) is 2. The maximum Gasteiger partial charge on any atom is 0.313 e. The SMILES string of the molecule is CC[C@@H](CO)N1C(=O)[C@@H]2[C@@H]3C(=O)OCCC/C=C\[C@]3(C)O[C@@]23C=CCN(c2ccc4ccccc4c2)C(=O)C13. The Morgan fingerprint density at radius 2 is 1.82 bits per heavy atom. The van der Waals surface area contributed by atoms with Gasteiger partial charge in [-0.2, -0.15) is 0 Å². The number of fused-ring (bicyclic) bond motifs is 3. The van der Waals surface area contributed by atoms with Gasteiger partial charge in [0, 0.05) is 12.2 Å². The van der Waals surface area contributed by atoms with Crippen molar-refractivity contribution in [2.45, 2.75) is 56.4 Å². The molecule has 2 aromatic carbocycles. The van der Waals surface area contributed by atoms with Crippen LogP contribution in [0.4, 0.5) is 5.69 Å². The summed E-state index contributed by atoms with van der Waals surface area (Å²) in [5, 5.41) is 12.3. The van der Waals surface area contributed by atoms with Gasteiger partial charge in [0.2, 0.25) is 5.91 Å². The molecular formula is C31H34N2O6. The zero-order valence-electron chi connectivity index (χ0n) is 22.3. The molecule has 6 atom stereocenters. The summed E-state index contributed by atoms with van der Waals surface area (Å²) in [5.41, 5.74) is -1.81. The summed E-state index contributed by atoms with van der Waals surface area (Å²) < 4.78 is 12.4. The van der Waals surface area contributed by atoms with Crippen molar-refractivity contribution in [3.05, 3.63) is 66.8 Å². The Morgan fingerprint density at radius 3 is 2.59 bits per heavy atom. The van der Waals surface area contributed by atoms with Crippen LogP contribution in [0.5, 0.6) is 0 Å². The van der Waals surface area contributed by atoms with E-state index in [1.54, 1.807) is 11.8 Å². The molecule has 2 aromatic rings. The van der Waals surface area contributed by atoms with E-state index >= 15 is 0 Å². The van der Waals surface area contributed by atoms with Gasteiger partial charge in [0.05, 0.1) is 30.8 Å². The summed E-state index contributed by atoms with van der Waals surface area (Å²) in [4.78, 5) is 45.5. The Labute approximate surface area is 227 Å². The lowest BCUT2D eigenvalue weighted by molar-refractivity contribution is -0.159. The molecule has 1 unspecified atom stereocenters. The average Bonchev–Trinajstić information content (AvgIpc) is 3.29. The Kier molecular flexibility index (Phi) is 6.35. The van der Waals surface area contributed by atoms with Gasteiger partial charge in [-0.1, -0.05) is 61.6 Å². The van der Waals surface area contributed by atoms with E-state index in [0.29, 0.717) is 24.9 Å². The van der Waals surface area contributed by atoms with Crippen molar-refractivity contribution in [1.29, 1.82) is 0 Å². The third-order valence-corrected chi connectivity index (χ3v) is 8.81. The van der Waals surface area contributed by atoms with E-state index in [-0.39, 0.29) is 31.6 Å². The first-order chi connectivity index (χ1) is 18.8. The van der Waals surface area contributed by atoms with E-state index in [4.69, 9.17) is 9.47 Å². The van der Waals surface area contributed by atoms with Gasteiger partial charge in [-0.15, -0.1) is 0 Å². The minimum Gasteiger partial charge on any atom is -0.465 e. The van der Waals surface area contributed by atoms with Crippen molar-refractivity contribution in [3.8, 4) is 0 Å². The third-order valence-electron chi connectivity index (χ3n) is 8.81. The van der Waals surface area contributed by atoms with E-state index in [0.717, 1.165) is 10.8 Å². The van der Waals surface area contributed by atoms with E-state index in [1.165, 1.54) is 4.90 Å². The molecular weight excluding hydrogens is 496 g/mol. The highest BCUT2D eigenvalue weighted by molar-refractivity contribution is 6.06. The number of allylic oxidation sites excluding steroid dienone is 1. The third kappa shape index (κ3) is 3.84. The first-order valence-corrected chi connectivity index (χ1v) is 13.8. The van der Waals surface area contributed by atoms with Crippen LogP contribution < -0.4 is 4.90 Å². The lowest BCUT2D eigenvalue weighted by atomic mass is 9.74. The molecule has 8 heteroatoms. The molecule has 2 fully saturated rings. The van der Waals surface area contributed by atoms with E-state index in [9.17, 15) is 19.5 Å². The maximum absolute atomic E-state index is 14.6. The van der Waals surface area contributed by atoms with Gasteiger partial charge in [-0.25, -0.2) is 0 Å². The van der Waals surface area contributed by atoms with Crippen LogP contribution in [0.1, 0.15) is 33.1 Å². The molecule has 0 radical (unpaired) electrons. The number of carbonyl (C=O) groups is 3. The number of esters is 1. The molecule has 2 amide bonds. The van der Waals surface area contributed by atoms with Crippen molar-refractivity contribution in [3.63, 3.8) is 0 Å². The number of aliphatic hydroxyl groups is 1. The lowest BCUT2D eigenvalue weighted by Crippen LogP contribution is -2.58. The highest BCUT2D eigenvalue weighted by atomic mass is 16.6. The fraction of sp³-hybridized carbons (Fsp3) is 0.452. The highest BCUT2D eigenvalue weighted by Crippen LogP contribution is 2.57. The summed E-state index contributed by atoms with van der Waals surface area (Å²) >= 11 is 0. The van der Waals surface area contributed by atoms with Crippen molar-refractivity contribution >= 4 is 34.2 Å². The predicted octanol–water partition coefficient (Wildman–Crippen LogP) is 3.38. The number of benzene rings is 2. The molecule has 6 rings (SSSR count). The van der Waals surface area contributed by atoms with Gasteiger partial charge in [-0.3, -0.25) is 14.4 Å². The monoisotopic (exact) mass is 530 g/mol. The number of anilines is 1. The predicted molar refractivity (Wildman–Crippen MR) is 146 cm³/mol. The lowest BCUT2D eigenvalue weighted by Gasteiger charge is -2.40. The zero-order valence-corrected chi connectivity index (χ0v) is 22.3. The Morgan fingerprint density at radius 1 is 1.03 bits per heavy atom. The number of rotatable bonds is 4. The smallest absolute Gasteiger partial charge is 0.313 e. The Bertz CT molecular complexity index is 1380. The summed E-state index contributed by atoms with van der Waals surface area (Å²) in [7, 11) is 0. The summed E-state index contributed by atoms with van der Waals surface area (Å²) in [6, 6.07) is 12.1. The normalized spacial score (nSPS) is 33.9. The number of cyclic esters (lactones) is 1. The second-order valence-electron chi connectivity index (χ2n) is 11.1. The molecule has 2 saturated heterocycles. The van der Waals surface area contributed by atoms with Gasteiger partial charge in [0.1, 0.15) is 17.6 Å². The number of likely N-dealkylation sites (tertiary alicyclic amines) is 1. The average molecular weight is 531 g/mol. The molecule has 1 N–H and O–H groups in total. The Hall–Kier alpha value is -3.49. The van der Waals surface area contributed by atoms with Crippen molar-refractivity contribution in [2.24, 2.45) is 11.8 Å². The summed E-state index contributed by atoms with van der Waals surface area (Å²) in [6.45, 7) is 3.91.